The van der Waals surface area contributed by atoms with Gasteiger partial charge in [0, 0.05) is 28.1 Å². The number of ether oxygens (including phenoxy) is 3. The first-order valence-electron chi connectivity index (χ1n) is 11.0. The third-order valence-electron chi connectivity index (χ3n) is 5.29. The molecule has 0 radical (unpaired) electrons. The van der Waals surface area contributed by atoms with Gasteiger partial charge in [0.1, 0.15) is 12.0 Å². The summed E-state index contributed by atoms with van der Waals surface area (Å²) >= 11 is 3.40. The van der Waals surface area contributed by atoms with E-state index in [-0.39, 0.29) is 28.8 Å². The summed E-state index contributed by atoms with van der Waals surface area (Å²) in [6.45, 7) is 3.87. The molecule has 0 saturated heterocycles. The van der Waals surface area contributed by atoms with E-state index >= 15 is 0 Å². The standard InChI is InChI=1S/C25H22BrN5O6/c1-14(2)24-29-19-7-5-16(26)11-18(19)25(32)30(24)28-12-15-9-20(35-3)23(21(10-15)36-4)37-22-8-6-17(13-27-22)31(33)34/h5-14H,1-4H3. The van der Waals surface area contributed by atoms with Crippen molar-refractivity contribution in [2.24, 2.45) is 5.10 Å². The molecule has 190 valence electrons. The van der Waals surface area contributed by atoms with Crippen LogP contribution in [0.5, 0.6) is 23.1 Å². The molecule has 0 unspecified atom stereocenters. The van der Waals surface area contributed by atoms with E-state index in [0.29, 0.717) is 33.8 Å². The van der Waals surface area contributed by atoms with Gasteiger partial charge in [-0.05, 0) is 30.3 Å². The molecule has 0 spiro atoms. The average molecular weight is 568 g/mol. The first-order chi connectivity index (χ1) is 17.7. The zero-order chi connectivity index (χ0) is 26.7. The van der Waals surface area contributed by atoms with Gasteiger partial charge < -0.3 is 14.2 Å². The lowest BCUT2D eigenvalue weighted by Gasteiger charge is -2.15. The summed E-state index contributed by atoms with van der Waals surface area (Å²) in [7, 11) is 2.91. The molecule has 0 N–H and O–H groups in total. The van der Waals surface area contributed by atoms with Crippen LogP contribution in [0, 0.1) is 10.1 Å². The lowest BCUT2D eigenvalue weighted by Crippen LogP contribution is -2.23. The van der Waals surface area contributed by atoms with Gasteiger partial charge in [0.15, 0.2) is 11.5 Å². The summed E-state index contributed by atoms with van der Waals surface area (Å²) in [5.41, 5.74) is 0.695. The van der Waals surface area contributed by atoms with E-state index in [9.17, 15) is 14.9 Å². The van der Waals surface area contributed by atoms with Gasteiger partial charge in [0.2, 0.25) is 11.6 Å². The molecule has 0 aliphatic rings. The van der Waals surface area contributed by atoms with E-state index < -0.39 is 4.92 Å². The predicted molar refractivity (Wildman–Crippen MR) is 141 cm³/mol. The van der Waals surface area contributed by atoms with E-state index in [0.717, 1.165) is 10.7 Å². The Kier molecular flexibility index (Phi) is 7.48. The van der Waals surface area contributed by atoms with Crippen LogP contribution < -0.4 is 19.8 Å². The first kappa shape index (κ1) is 25.8. The fourth-order valence-corrected chi connectivity index (χ4v) is 3.86. The fraction of sp³-hybridized carbons (Fsp3) is 0.200. The van der Waals surface area contributed by atoms with Gasteiger partial charge >= 0.3 is 0 Å². The molecule has 0 bridgehead atoms. The summed E-state index contributed by atoms with van der Waals surface area (Å²) in [4.78, 5) is 32.2. The number of nitro groups is 1. The molecular weight excluding hydrogens is 546 g/mol. The number of halogens is 1. The highest BCUT2D eigenvalue weighted by molar-refractivity contribution is 9.10. The number of rotatable bonds is 8. The van der Waals surface area contributed by atoms with Gasteiger partial charge in [-0.25, -0.2) is 9.97 Å². The number of fused-ring (bicyclic) bond motifs is 1. The van der Waals surface area contributed by atoms with Crippen molar-refractivity contribution in [1.29, 1.82) is 0 Å². The van der Waals surface area contributed by atoms with Crippen molar-refractivity contribution in [2.75, 3.05) is 14.2 Å². The van der Waals surface area contributed by atoms with Gasteiger partial charge in [0.25, 0.3) is 11.2 Å². The third kappa shape index (κ3) is 5.43. The lowest BCUT2D eigenvalue weighted by molar-refractivity contribution is -0.385. The van der Waals surface area contributed by atoms with Crippen LogP contribution in [0.4, 0.5) is 5.69 Å². The van der Waals surface area contributed by atoms with E-state index in [1.165, 1.54) is 37.2 Å². The van der Waals surface area contributed by atoms with Crippen LogP contribution in [-0.2, 0) is 0 Å². The number of nitrogens with zero attached hydrogens (tertiary/aromatic N) is 5. The zero-order valence-electron chi connectivity index (χ0n) is 20.3. The minimum atomic E-state index is -0.550. The average Bonchev–Trinajstić information content (AvgIpc) is 2.88. The highest BCUT2D eigenvalue weighted by atomic mass is 79.9. The number of aromatic nitrogens is 3. The SMILES string of the molecule is COc1cc(C=Nn2c(C(C)C)nc3ccc(Br)cc3c2=O)cc(OC)c1Oc1ccc([N+](=O)[O-])cn1. The van der Waals surface area contributed by atoms with Crippen molar-refractivity contribution in [3.8, 4) is 23.1 Å². The quantitative estimate of drug-likeness (QED) is 0.160. The maximum absolute atomic E-state index is 13.3. The molecule has 0 saturated carbocycles. The molecule has 2 aromatic carbocycles. The molecule has 37 heavy (non-hydrogen) atoms. The Balaban J connectivity index is 1.74. The Morgan fingerprint density at radius 3 is 2.38 bits per heavy atom. The largest absolute Gasteiger partial charge is 0.493 e. The molecule has 2 aromatic heterocycles. The monoisotopic (exact) mass is 567 g/mol. The van der Waals surface area contributed by atoms with Crippen LogP contribution in [0.15, 0.2) is 63.0 Å². The zero-order valence-corrected chi connectivity index (χ0v) is 21.9. The van der Waals surface area contributed by atoms with Crippen molar-refractivity contribution < 1.29 is 19.1 Å². The molecule has 11 nitrogen and oxygen atoms in total. The van der Waals surface area contributed by atoms with E-state index in [4.69, 9.17) is 14.2 Å². The summed E-state index contributed by atoms with van der Waals surface area (Å²) in [5.74, 6) is 1.40. The number of pyridine rings is 1. The van der Waals surface area contributed by atoms with Crippen molar-refractivity contribution in [2.45, 2.75) is 19.8 Å². The Morgan fingerprint density at radius 2 is 1.81 bits per heavy atom. The second-order valence-electron chi connectivity index (χ2n) is 8.12. The van der Waals surface area contributed by atoms with Crippen LogP contribution in [0.1, 0.15) is 31.2 Å². The summed E-state index contributed by atoms with van der Waals surface area (Å²) in [6, 6.07) is 11.3. The van der Waals surface area contributed by atoms with Crippen LogP contribution >= 0.6 is 15.9 Å². The molecule has 0 aliphatic heterocycles. The van der Waals surface area contributed by atoms with Crippen molar-refractivity contribution in [1.82, 2.24) is 14.6 Å². The van der Waals surface area contributed by atoms with E-state index in [1.54, 1.807) is 24.3 Å². The second kappa shape index (κ2) is 10.7. The minimum Gasteiger partial charge on any atom is -0.493 e. The Hall–Kier alpha value is -4.32. The molecule has 4 aromatic rings. The normalized spacial score (nSPS) is 11.3. The summed E-state index contributed by atoms with van der Waals surface area (Å²) in [5, 5.41) is 15.8. The fourth-order valence-electron chi connectivity index (χ4n) is 3.50. The maximum atomic E-state index is 13.3. The van der Waals surface area contributed by atoms with Gasteiger partial charge in [-0.3, -0.25) is 14.9 Å². The molecule has 12 heteroatoms. The molecule has 0 amide bonds. The Bertz CT molecular complexity index is 1540. The van der Waals surface area contributed by atoms with Gasteiger partial charge in [0.05, 0.1) is 36.3 Å². The molecule has 2 heterocycles. The van der Waals surface area contributed by atoms with Crippen LogP contribution in [0.25, 0.3) is 10.9 Å². The Morgan fingerprint density at radius 1 is 1.11 bits per heavy atom. The highest BCUT2D eigenvalue weighted by Crippen LogP contribution is 2.40. The maximum Gasteiger partial charge on any atom is 0.287 e. The smallest absolute Gasteiger partial charge is 0.287 e. The summed E-state index contributed by atoms with van der Waals surface area (Å²) in [6.07, 6.45) is 2.59. The van der Waals surface area contributed by atoms with Crippen LogP contribution in [-0.4, -0.2) is 40.0 Å². The molecule has 0 atom stereocenters. The predicted octanol–water partition coefficient (Wildman–Crippen LogP) is 5.28. The molecule has 0 fully saturated rings. The molecular formula is C25H22BrN5O6. The van der Waals surface area contributed by atoms with Crippen LogP contribution in [0.2, 0.25) is 0 Å². The molecule has 4 rings (SSSR count). The number of hydrogen-bond donors (Lipinski definition) is 0. The number of methoxy groups -OCH3 is 2. The summed E-state index contributed by atoms with van der Waals surface area (Å²) < 4.78 is 18.8. The van der Waals surface area contributed by atoms with Gasteiger partial charge in [-0.2, -0.15) is 9.78 Å². The number of benzene rings is 2. The van der Waals surface area contributed by atoms with Gasteiger partial charge in [-0.15, -0.1) is 0 Å². The minimum absolute atomic E-state index is 0.0630. The molecule has 0 aliphatic carbocycles. The van der Waals surface area contributed by atoms with Crippen molar-refractivity contribution in [3.05, 3.63) is 85.0 Å². The van der Waals surface area contributed by atoms with Crippen LogP contribution in [0.3, 0.4) is 0 Å². The lowest BCUT2D eigenvalue weighted by atomic mass is 10.2. The third-order valence-corrected chi connectivity index (χ3v) is 5.79. The van der Waals surface area contributed by atoms with Crippen molar-refractivity contribution >= 4 is 38.7 Å². The highest BCUT2D eigenvalue weighted by Gasteiger charge is 2.17. The first-order valence-corrected chi connectivity index (χ1v) is 11.8. The second-order valence-corrected chi connectivity index (χ2v) is 9.03. The van der Waals surface area contributed by atoms with E-state index in [2.05, 4.69) is 31.0 Å². The Labute approximate surface area is 219 Å². The van der Waals surface area contributed by atoms with Crippen molar-refractivity contribution in [3.63, 3.8) is 0 Å². The number of hydrogen-bond acceptors (Lipinski definition) is 9. The topological polar surface area (TPSA) is 131 Å². The van der Waals surface area contributed by atoms with Gasteiger partial charge in [-0.1, -0.05) is 29.8 Å². The van der Waals surface area contributed by atoms with E-state index in [1.807, 2.05) is 19.9 Å².